The lowest BCUT2D eigenvalue weighted by atomic mass is 9.87. The van der Waals surface area contributed by atoms with Crippen LogP contribution in [0.5, 0.6) is 0 Å². The van der Waals surface area contributed by atoms with Crippen LogP contribution in [0.2, 0.25) is 0 Å². The van der Waals surface area contributed by atoms with Gasteiger partial charge in [0.1, 0.15) is 0 Å². The zero-order valence-corrected chi connectivity index (χ0v) is 15.8. The topological polar surface area (TPSA) is 50.1 Å². The largest absolute Gasteiger partial charge is 0.399 e. The molecule has 1 aliphatic rings. The predicted octanol–water partition coefficient (Wildman–Crippen LogP) is 4.86. The Morgan fingerprint density at radius 1 is 0.923 bits per heavy atom. The molecule has 1 fully saturated rings. The molecular formula is C23H31N3. The molecule has 0 bridgehead atoms. The molecule has 0 unspecified atom stereocenters. The Hall–Kier alpha value is -2.26. The highest BCUT2D eigenvalue weighted by atomic mass is 15.0. The molecule has 26 heavy (non-hydrogen) atoms. The van der Waals surface area contributed by atoms with Crippen LogP contribution in [-0.2, 0) is 0 Å². The fourth-order valence-electron chi connectivity index (χ4n) is 3.60. The number of hydrogen-bond donors (Lipinski definition) is 3. The van der Waals surface area contributed by atoms with Crippen molar-refractivity contribution >= 4 is 11.4 Å². The standard InChI is InChI=1S/C23H31N3/c1-17-3-11-22(12-4-17)25-15-16-26-23-13-9-21(10-14-23)20-7-5-19(6-8-20)18(2)24/h5-10,13-14,17,22,25-26H,2-4,11-12,15-16,24H2,1H3. The highest BCUT2D eigenvalue weighted by Crippen LogP contribution is 2.24. The van der Waals surface area contributed by atoms with Crippen molar-refractivity contribution in [3.8, 4) is 11.1 Å². The Morgan fingerprint density at radius 2 is 1.50 bits per heavy atom. The second kappa shape index (κ2) is 8.91. The molecule has 3 nitrogen and oxygen atoms in total. The fraction of sp³-hybridized carbons (Fsp3) is 0.391. The Balaban J connectivity index is 1.45. The normalized spacial score (nSPS) is 19.9. The fourth-order valence-corrected chi connectivity index (χ4v) is 3.60. The lowest BCUT2D eigenvalue weighted by Gasteiger charge is -2.27. The number of nitrogens with two attached hydrogens (primary N) is 1. The molecule has 0 radical (unpaired) electrons. The number of rotatable bonds is 7. The van der Waals surface area contributed by atoms with E-state index in [-0.39, 0.29) is 0 Å². The van der Waals surface area contributed by atoms with Crippen molar-refractivity contribution in [1.29, 1.82) is 0 Å². The van der Waals surface area contributed by atoms with Crippen molar-refractivity contribution in [3.63, 3.8) is 0 Å². The van der Waals surface area contributed by atoms with Gasteiger partial charge in [-0.25, -0.2) is 0 Å². The van der Waals surface area contributed by atoms with Crippen LogP contribution in [0.15, 0.2) is 55.1 Å². The SMILES string of the molecule is C=C(N)c1ccc(-c2ccc(NCCNC3CCC(C)CC3)cc2)cc1. The first-order chi connectivity index (χ1) is 12.6. The lowest BCUT2D eigenvalue weighted by Crippen LogP contribution is -2.35. The Labute approximate surface area is 157 Å². The van der Waals surface area contributed by atoms with Gasteiger partial charge in [0.2, 0.25) is 0 Å². The molecule has 2 aromatic rings. The van der Waals surface area contributed by atoms with E-state index in [0.29, 0.717) is 11.7 Å². The number of nitrogens with one attached hydrogen (secondary N) is 2. The van der Waals surface area contributed by atoms with Crippen LogP contribution >= 0.6 is 0 Å². The maximum absolute atomic E-state index is 5.73. The molecule has 2 aromatic carbocycles. The molecule has 0 heterocycles. The first-order valence-electron chi connectivity index (χ1n) is 9.74. The summed E-state index contributed by atoms with van der Waals surface area (Å²) in [5.41, 5.74) is 10.9. The van der Waals surface area contributed by atoms with Gasteiger partial charge in [-0.2, -0.15) is 0 Å². The molecule has 3 heteroatoms. The molecule has 4 N–H and O–H groups in total. The minimum Gasteiger partial charge on any atom is -0.399 e. The predicted molar refractivity (Wildman–Crippen MR) is 113 cm³/mol. The van der Waals surface area contributed by atoms with Gasteiger partial charge in [-0.05, 0) is 60.4 Å². The van der Waals surface area contributed by atoms with Gasteiger partial charge in [-0.3, -0.25) is 0 Å². The van der Waals surface area contributed by atoms with E-state index in [1.54, 1.807) is 0 Å². The zero-order valence-electron chi connectivity index (χ0n) is 15.8. The summed E-state index contributed by atoms with van der Waals surface area (Å²) in [4.78, 5) is 0. The van der Waals surface area contributed by atoms with Gasteiger partial charge in [-0.15, -0.1) is 0 Å². The van der Waals surface area contributed by atoms with E-state index < -0.39 is 0 Å². The van der Waals surface area contributed by atoms with Gasteiger partial charge in [0.05, 0.1) is 0 Å². The summed E-state index contributed by atoms with van der Waals surface area (Å²) in [7, 11) is 0. The molecule has 0 atom stereocenters. The quantitative estimate of drug-likeness (QED) is 0.626. The summed E-state index contributed by atoms with van der Waals surface area (Å²) in [6.07, 6.45) is 5.39. The van der Waals surface area contributed by atoms with Crippen LogP contribution < -0.4 is 16.4 Å². The molecular weight excluding hydrogens is 318 g/mol. The molecule has 0 aromatic heterocycles. The third-order valence-corrected chi connectivity index (χ3v) is 5.38. The van der Waals surface area contributed by atoms with E-state index in [0.717, 1.165) is 24.6 Å². The van der Waals surface area contributed by atoms with E-state index >= 15 is 0 Å². The summed E-state index contributed by atoms with van der Waals surface area (Å²) in [6.45, 7) is 8.11. The molecule has 138 valence electrons. The number of anilines is 1. The monoisotopic (exact) mass is 349 g/mol. The number of hydrogen-bond acceptors (Lipinski definition) is 3. The maximum atomic E-state index is 5.73. The smallest absolute Gasteiger partial charge is 0.0341 e. The zero-order chi connectivity index (χ0) is 18.4. The van der Waals surface area contributed by atoms with Crippen LogP contribution in [0.1, 0.15) is 38.2 Å². The van der Waals surface area contributed by atoms with Gasteiger partial charge < -0.3 is 16.4 Å². The Kier molecular flexibility index (Phi) is 6.35. The summed E-state index contributed by atoms with van der Waals surface area (Å²) in [5, 5.41) is 7.19. The van der Waals surface area contributed by atoms with Gasteiger partial charge >= 0.3 is 0 Å². The van der Waals surface area contributed by atoms with Crippen molar-refractivity contribution in [2.75, 3.05) is 18.4 Å². The summed E-state index contributed by atoms with van der Waals surface area (Å²) in [6, 6.07) is 17.5. The van der Waals surface area contributed by atoms with Crippen LogP contribution in [0, 0.1) is 5.92 Å². The molecule has 0 aliphatic heterocycles. The van der Waals surface area contributed by atoms with Gasteiger partial charge in [-0.1, -0.05) is 49.9 Å². The third-order valence-electron chi connectivity index (χ3n) is 5.38. The first-order valence-corrected chi connectivity index (χ1v) is 9.74. The van der Waals surface area contributed by atoms with E-state index in [2.05, 4.69) is 60.5 Å². The Bertz CT molecular complexity index is 695. The van der Waals surface area contributed by atoms with Crippen LogP contribution in [0.25, 0.3) is 16.8 Å². The van der Waals surface area contributed by atoms with Crippen LogP contribution in [0.3, 0.4) is 0 Å². The van der Waals surface area contributed by atoms with Crippen LogP contribution in [-0.4, -0.2) is 19.1 Å². The van der Waals surface area contributed by atoms with Crippen molar-refractivity contribution in [3.05, 3.63) is 60.7 Å². The van der Waals surface area contributed by atoms with E-state index in [9.17, 15) is 0 Å². The molecule has 1 aliphatic carbocycles. The second-order valence-electron chi connectivity index (χ2n) is 7.52. The van der Waals surface area contributed by atoms with Gasteiger partial charge in [0.25, 0.3) is 0 Å². The third kappa shape index (κ3) is 5.12. The van der Waals surface area contributed by atoms with Gasteiger partial charge in [0.15, 0.2) is 0 Å². The van der Waals surface area contributed by atoms with E-state index in [1.165, 1.54) is 42.5 Å². The molecule has 0 amide bonds. The van der Waals surface area contributed by atoms with Crippen molar-refractivity contribution in [1.82, 2.24) is 5.32 Å². The summed E-state index contributed by atoms with van der Waals surface area (Å²) < 4.78 is 0. The second-order valence-corrected chi connectivity index (χ2v) is 7.52. The average Bonchev–Trinajstić information content (AvgIpc) is 2.67. The van der Waals surface area contributed by atoms with Crippen molar-refractivity contribution in [2.45, 2.75) is 38.6 Å². The van der Waals surface area contributed by atoms with Crippen LogP contribution in [0.4, 0.5) is 5.69 Å². The molecule has 3 rings (SSSR count). The van der Waals surface area contributed by atoms with Crippen molar-refractivity contribution in [2.24, 2.45) is 11.7 Å². The number of benzene rings is 2. The molecule has 0 spiro atoms. The Morgan fingerprint density at radius 3 is 2.08 bits per heavy atom. The van der Waals surface area contributed by atoms with Crippen molar-refractivity contribution < 1.29 is 0 Å². The van der Waals surface area contributed by atoms with E-state index in [4.69, 9.17) is 5.73 Å². The highest BCUT2D eigenvalue weighted by molar-refractivity contribution is 5.69. The van der Waals surface area contributed by atoms with E-state index in [1.807, 2.05) is 12.1 Å². The minimum absolute atomic E-state index is 0.604. The summed E-state index contributed by atoms with van der Waals surface area (Å²) in [5.74, 6) is 0.912. The molecule has 1 saturated carbocycles. The highest BCUT2D eigenvalue weighted by Gasteiger charge is 2.16. The average molecular weight is 350 g/mol. The maximum Gasteiger partial charge on any atom is 0.0341 e. The first kappa shape index (κ1) is 18.5. The molecule has 0 saturated heterocycles. The van der Waals surface area contributed by atoms with Gasteiger partial charge in [0, 0.05) is 30.5 Å². The lowest BCUT2D eigenvalue weighted by molar-refractivity contribution is 0.310. The summed E-state index contributed by atoms with van der Waals surface area (Å²) >= 11 is 0. The minimum atomic E-state index is 0.604.